The SMILES string of the molecule is CC(C)(CO)CN1Cc2cc(Nc3nn(C4CCCCC4)c4cc[nH]c(=O)c34)ccc2S1(=O)=O. The number of nitrogens with one attached hydrogen (secondary N) is 2. The molecule has 1 saturated carbocycles. The lowest BCUT2D eigenvalue weighted by Gasteiger charge is -2.27. The maximum absolute atomic E-state index is 13.0. The molecule has 0 spiro atoms. The van der Waals surface area contributed by atoms with E-state index < -0.39 is 15.4 Å². The number of aliphatic hydroxyl groups excluding tert-OH is 1. The maximum Gasteiger partial charge on any atom is 0.261 e. The Morgan fingerprint density at radius 2 is 1.97 bits per heavy atom. The number of nitrogens with zero attached hydrogens (tertiary/aromatic N) is 3. The van der Waals surface area contributed by atoms with Crippen LogP contribution in [0.2, 0.25) is 0 Å². The van der Waals surface area contributed by atoms with Crippen molar-refractivity contribution >= 4 is 32.4 Å². The van der Waals surface area contributed by atoms with E-state index in [4.69, 9.17) is 5.10 Å². The highest BCUT2D eigenvalue weighted by Crippen LogP contribution is 2.36. The normalized spacial score (nSPS) is 18.9. The second kappa shape index (κ2) is 8.51. The van der Waals surface area contributed by atoms with E-state index in [0.29, 0.717) is 22.5 Å². The first-order valence-electron chi connectivity index (χ1n) is 11.8. The van der Waals surface area contributed by atoms with Crippen LogP contribution in [-0.2, 0) is 16.6 Å². The second-order valence-electron chi connectivity index (χ2n) is 10.2. The number of rotatable bonds is 6. The van der Waals surface area contributed by atoms with E-state index in [1.807, 2.05) is 24.6 Å². The Bertz CT molecular complexity index is 1390. The Hall–Kier alpha value is -2.69. The molecule has 0 amide bonds. The molecule has 0 atom stereocenters. The average molecular weight is 486 g/mol. The fourth-order valence-corrected chi connectivity index (χ4v) is 6.84. The third kappa shape index (κ3) is 4.03. The fourth-order valence-electron chi connectivity index (χ4n) is 5.04. The van der Waals surface area contributed by atoms with Crippen molar-refractivity contribution in [2.75, 3.05) is 18.5 Å². The lowest BCUT2D eigenvalue weighted by atomic mass is 9.95. The number of hydrogen-bond donors (Lipinski definition) is 3. The zero-order valence-electron chi connectivity index (χ0n) is 19.5. The minimum absolute atomic E-state index is 0.104. The van der Waals surface area contributed by atoms with Gasteiger partial charge in [0, 0.05) is 37.0 Å². The lowest BCUT2D eigenvalue weighted by Crippen LogP contribution is -2.36. The van der Waals surface area contributed by atoms with Crippen LogP contribution in [0, 0.1) is 5.41 Å². The molecule has 0 bridgehead atoms. The van der Waals surface area contributed by atoms with E-state index in [2.05, 4.69) is 10.3 Å². The largest absolute Gasteiger partial charge is 0.396 e. The summed E-state index contributed by atoms with van der Waals surface area (Å²) < 4.78 is 29.4. The van der Waals surface area contributed by atoms with Gasteiger partial charge in [-0.05, 0) is 42.7 Å². The van der Waals surface area contributed by atoms with E-state index in [1.54, 1.807) is 24.4 Å². The van der Waals surface area contributed by atoms with Crippen molar-refractivity contribution in [3.8, 4) is 0 Å². The molecular weight excluding hydrogens is 454 g/mol. The van der Waals surface area contributed by atoms with Crippen LogP contribution in [-0.4, -0.2) is 45.7 Å². The summed E-state index contributed by atoms with van der Waals surface area (Å²) in [5.41, 5.74) is 1.42. The lowest BCUT2D eigenvalue weighted by molar-refractivity contribution is 0.134. The molecule has 1 fully saturated rings. The van der Waals surface area contributed by atoms with Gasteiger partial charge in [-0.1, -0.05) is 33.1 Å². The van der Waals surface area contributed by atoms with E-state index in [0.717, 1.165) is 31.2 Å². The van der Waals surface area contributed by atoms with Gasteiger partial charge in [0.05, 0.1) is 16.5 Å². The molecule has 5 rings (SSSR count). The Morgan fingerprint density at radius 3 is 2.71 bits per heavy atom. The van der Waals surface area contributed by atoms with Gasteiger partial charge in [0.25, 0.3) is 5.56 Å². The summed E-state index contributed by atoms with van der Waals surface area (Å²) in [5, 5.41) is 18.2. The summed E-state index contributed by atoms with van der Waals surface area (Å²) in [4.78, 5) is 15.7. The van der Waals surface area contributed by atoms with Crippen LogP contribution >= 0.6 is 0 Å². The predicted octanol–water partition coefficient (Wildman–Crippen LogP) is 3.50. The summed E-state index contributed by atoms with van der Waals surface area (Å²) in [6.45, 7) is 4.05. The van der Waals surface area contributed by atoms with Crippen LogP contribution in [0.5, 0.6) is 0 Å². The first-order valence-corrected chi connectivity index (χ1v) is 13.2. The van der Waals surface area contributed by atoms with E-state index in [-0.39, 0.29) is 36.2 Å². The van der Waals surface area contributed by atoms with Gasteiger partial charge < -0.3 is 15.4 Å². The number of aromatic nitrogens is 3. The molecule has 10 heteroatoms. The molecule has 0 radical (unpaired) electrons. The monoisotopic (exact) mass is 485 g/mol. The molecule has 0 saturated heterocycles. The summed E-state index contributed by atoms with van der Waals surface area (Å²) in [7, 11) is -3.61. The summed E-state index contributed by atoms with van der Waals surface area (Å²) in [6, 6.07) is 7.27. The number of benzene rings is 1. The molecule has 1 aromatic carbocycles. The topological polar surface area (TPSA) is 120 Å². The molecule has 3 aromatic rings. The van der Waals surface area contributed by atoms with Crippen molar-refractivity contribution in [2.24, 2.45) is 5.41 Å². The minimum atomic E-state index is -3.61. The number of anilines is 2. The van der Waals surface area contributed by atoms with Gasteiger partial charge >= 0.3 is 0 Å². The first kappa shape index (κ1) is 23.1. The van der Waals surface area contributed by atoms with Crippen molar-refractivity contribution in [2.45, 2.75) is 63.4 Å². The Kier molecular flexibility index (Phi) is 5.78. The summed E-state index contributed by atoms with van der Waals surface area (Å²) >= 11 is 0. The molecule has 2 aromatic heterocycles. The number of fused-ring (bicyclic) bond motifs is 2. The van der Waals surface area contributed by atoms with E-state index >= 15 is 0 Å². The number of aliphatic hydroxyl groups is 1. The molecule has 34 heavy (non-hydrogen) atoms. The van der Waals surface area contributed by atoms with Gasteiger partial charge in [0.1, 0.15) is 5.39 Å². The standard InChI is InChI=1S/C24H31N5O4S/c1-24(2,15-30)14-28-13-16-12-17(8-9-20(16)34(28,32)33)26-22-21-19(10-11-25-23(21)31)29(27-22)18-6-4-3-5-7-18/h8-12,18,30H,3-7,13-15H2,1-2H3,(H,25,31)(H,26,27). The molecule has 9 nitrogen and oxygen atoms in total. The Balaban J connectivity index is 1.48. The number of pyridine rings is 1. The van der Waals surface area contributed by atoms with Crippen LogP contribution in [0.3, 0.4) is 0 Å². The smallest absolute Gasteiger partial charge is 0.261 e. The first-order chi connectivity index (χ1) is 16.2. The average Bonchev–Trinajstić information content (AvgIpc) is 3.29. The maximum atomic E-state index is 13.0. The van der Waals surface area contributed by atoms with Crippen molar-refractivity contribution in [3.05, 3.63) is 46.4 Å². The Labute approximate surface area is 198 Å². The van der Waals surface area contributed by atoms with Gasteiger partial charge in [0.2, 0.25) is 10.0 Å². The molecule has 3 heterocycles. The van der Waals surface area contributed by atoms with Crippen molar-refractivity contribution in [1.82, 2.24) is 19.1 Å². The highest BCUT2D eigenvalue weighted by molar-refractivity contribution is 7.89. The third-order valence-corrected chi connectivity index (χ3v) is 8.76. The molecular formula is C24H31N5O4S. The highest BCUT2D eigenvalue weighted by atomic mass is 32.2. The predicted molar refractivity (Wildman–Crippen MR) is 131 cm³/mol. The van der Waals surface area contributed by atoms with Gasteiger partial charge in [-0.25, -0.2) is 8.42 Å². The van der Waals surface area contributed by atoms with Crippen LogP contribution in [0.4, 0.5) is 11.5 Å². The molecule has 182 valence electrons. The van der Waals surface area contributed by atoms with Gasteiger partial charge in [-0.15, -0.1) is 0 Å². The second-order valence-corrected chi connectivity index (χ2v) is 12.1. The fraction of sp³-hybridized carbons (Fsp3) is 0.500. The number of H-pyrrole nitrogens is 1. The zero-order chi connectivity index (χ0) is 24.1. The van der Waals surface area contributed by atoms with Crippen LogP contribution in [0.25, 0.3) is 10.9 Å². The van der Waals surface area contributed by atoms with Crippen LogP contribution in [0.15, 0.2) is 40.2 Å². The molecule has 1 aliphatic heterocycles. The van der Waals surface area contributed by atoms with Crippen molar-refractivity contribution in [1.29, 1.82) is 0 Å². The number of sulfonamides is 1. The Morgan fingerprint density at radius 1 is 1.21 bits per heavy atom. The molecule has 2 aliphatic rings. The van der Waals surface area contributed by atoms with Crippen LogP contribution in [0.1, 0.15) is 57.6 Å². The third-order valence-electron chi connectivity index (χ3n) is 6.87. The molecule has 1 aliphatic carbocycles. The van der Waals surface area contributed by atoms with Gasteiger partial charge in [0.15, 0.2) is 5.82 Å². The molecule has 3 N–H and O–H groups in total. The van der Waals surface area contributed by atoms with Crippen LogP contribution < -0.4 is 10.9 Å². The van der Waals surface area contributed by atoms with Crippen molar-refractivity contribution in [3.63, 3.8) is 0 Å². The van der Waals surface area contributed by atoms with Gasteiger partial charge in [-0.2, -0.15) is 9.40 Å². The molecule has 0 unspecified atom stereocenters. The van der Waals surface area contributed by atoms with Gasteiger partial charge in [-0.3, -0.25) is 9.48 Å². The van der Waals surface area contributed by atoms with Crippen molar-refractivity contribution < 1.29 is 13.5 Å². The number of aromatic amines is 1. The summed E-state index contributed by atoms with van der Waals surface area (Å²) in [5.74, 6) is 0.474. The minimum Gasteiger partial charge on any atom is -0.396 e. The quantitative estimate of drug-likeness (QED) is 0.492. The zero-order valence-corrected chi connectivity index (χ0v) is 20.4. The summed E-state index contributed by atoms with van der Waals surface area (Å²) in [6.07, 6.45) is 7.27. The number of hydrogen-bond acceptors (Lipinski definition) is 6. The van der Waals surface area contributed by atoms with E-state index in [9.17, 15) is 18.3 Å². The highest BCUT2D eigenvalue weighted by Gasteiger charge is 2.37. The van der Waals surface area contributed by atoms with E-state index in [1.165, 1.54) is 10.7 Å².